The summed E-state index contributed by atoms with van der Waals surface area (Å²) in [6.07, 6.45) is -1.56. The van der Waals surface area contributed by atoms with E-state index in [9.17, 15) is 37.0 Å². The van der Waals surface area contributed by atoms with Gasteiger partial charge in [-0.25, -0.2) is 22.0 Å². The van der Waals surface area contributed by atoms with Gasteiger partial charge in [0.1, 0.15) is 11.3 Å². The summed E-state index contributed by atoms with van der Waals surface area (Å²) >= 11 is 1.40. The molecule has 0 spiro atoms. The summed E-state index contributed by atoms with van der Waals surface area (Å²) < 4.78 is 84.3. The number of rotatable bonds is 11. The van der Waals surface area contributed by atoms with E-state index in [0.29, 0.717) is 38.9 Å². The number of aromatic nitrogens is 4. The number of thioether (sulfide) groups is 1. The van der Waals surface area contributed by atoms with Gasteiger partial charge in [0.25, 0.3) is 5.91 Å². The number of halogens is 5. The van der Waals surface area contributed by atoms with Crippen LogP contribution in [0, 0.1) is 35.0 Å². The Bertz CT molecular complexity index is 2320. The molecule has 1 fully saturated rings. The number of aromatic hydroxyl groups is 1. The van der Waals surface area contributed by atoms with Crippen molar-refractivity contribution in [3.05, 3.63) is 154 Å². The zero-order valence-corrected chi connectivity index (χ0v) is 30.2. The fraction of sp³-hybridized carbons (Fsp3) is 0.200. The monoisotopic (exact) mass is 789 g/mol. The van der Waals surface area contributed by atoms with Gasteiger partial charge in [0.05, 0.1) is 24.5 Å². The van der Waals surface area contributed by atoms with Crippen molar-refractivity contribution in [2.24, 2.45) is 5.92 Å². The normalized spacial score (nSPS) is 18.2. The van der Waals surface area contributed by atoms with Gasteiger partial charge in [-0.1, -0.05) is 91.5 Å². The van der Waals surface area contributed by atoms with E-state index in [-0.39, 0.29) is 30.9 Å². The third-order valence-electron chi connectivity index (χ3n) is 9.42. The number of amides is 1. The lowest BCUT2D eigenvalue weighted by molar-refractivity contribution is -0.268. The molecule has 2 heterocycles. The van der Waals surface area contributed by atoms with Crippen LogP contribution >= 0.6 is 11.8 Å². The topological polar surface area (TPSA) is 132 Å². The quantitative estimate of drug-likeness (QED) is 0.0522. The lowest BCUT2D eigenvalue weighted by atomic mass is 9.91. The summed E-state index contributed by atoms with van der Waals surface area (Å²) in [7, 11) is 0. The molecule has 4 atom stereocenters. The van der Waals surface area contributed by atoms with Gasteiger partial charge >= 0.3 is 0 Å². The molecule has 1 aromatic heterocycles. The smallest absolute Gasteiger partial charge is 0.257 e. The molecule has 0 unspecified atom stereocenters. The van der Waals surface area contributed by atoms with Crippen LogP contribution in [-0.4, -0.2) is 48.2 Å². The molecule has 0 aliphatic carbocycles. The highest BCUT2D eigenvalue weighted by Crippen LogP contribution is 2.43. The molecule has 0 saturated carbocycles. The molecule has 1 aliphatic rings. The van der Waals surface area contributed by atoms with Crippen molar-refractivity contribution in [3.63, 3.8) is 0 Å². The van der Waals surface area contributed by atoms with Crippen molar-refractivity contribution in [1.29, 1.82) is 0 Å². The maximum atomic E-state index is 14.3. The van der Waals surface area contributed by atoms with Gasteiger partial charge in [0.2, 0.25) is 11.0 Å². The summed E-state index contributed by atoms with van der Waals surface area (Å²) in [5, 5.41) is 34.2. The maximum Gasteiger partial charge on any atom is 0.257 e. The number of nitrogens with one attached hydrogen (secondary N) is 1. The number of hydrogen-bond acceptors (Lipinski definition) is 9. The third-order valence-corrected chi connectivity index (χ3v) is 10.4. The minimum atomic E-state index is -2.35. The van der Waals surface area contributed by atoms with E-state index in [2.05, 4.69) is 20.8 Å². The Morgan fingerprint density at radius 2 is 1.46 bits per heavy atom. The Balaban J connectivity index is 1.11. The Morgan fingerprint density at radius 1 is 0.821 bits per heavy atom. The van der Waals surface area contributed by atoms with Crippen LogP contribution in [0.1, 0.15) is 51.9 Å². The van der Waals surface area contributed by atoms with Crippen LogP contribution in [-0.2, 0) is 22.6 Å². The molecule has 1 aliphatic heterocycles. The number of tetrazole rings is 1. The number of hydrogen-bond donors (Lipinski definition) is 3. The second kappa shape index (κ2) is 16.6. The van der Waals surface area contributed by atoms with Crippen molar-refractivity contribution in [2.45, 2.75) is 43.7 Å². The highest BCUT2D eigenvalue weighted by atomic mass is 32.2. The van der Waals surface area contributed by atoms with Crippen LogP contribution in [0.2, 0.25) is 0 Å². The number of benzene rings is 5. The largest absolute Gasteiger partial charge is 0.508 e. The van der Waals surface area contributed by atoms with Crippen molar-refractivity contribution >= 4 is 17.7 Å². The van der Waals surface area contributed by atoms with Crippen LogP contribution in [0.3, 0.4) is 0 Å². The van der Waals surface area contributed by atoms with Gasteiger partial charge in [0, 0.05) is 23.8 Å². The second-order valence-corrected chi connectivity index (χ2v) is 13.9. The van der Waals surface area contributed by atoms with Crippen LogP contribution in [0.4, 0.5) is 22.0 Å². The van der Waals surface area contributed by atoms with Gasteiger partial charge in [-0.2, -0.15) is 4.68 Å². The number of carbonyl (C=O) groups excluding carboxylic acids is 1. The van der Waals surface area contributed by atoms with E-state index >= 15 is 0 Å². The molecular formula is C40H32F5N5O5S. The van der Waals surface area contributed by atoms with Crippen LogP contribution in [0.25, 0.3) is 16.8 Å². The zero-order valence-electron chi connectivity index (χ0n) is 29.4. The molecule has 7 rings (SSSR count). The molecule has 56 heavy (non-hydrogen) atoms. The molecule has 16 heteroatoms. The molecule has 3 N–H and O–H groups in total. The molecule has 288 valence electrons. The van der Waals surface area contributed by atoms with Gasteiger partial charge in [-0.3, -0.25) is 4.79 Å². The standard InChI is InChI=1S/C40H32F5N5O5S/c1-21-30(20-56-40-47-48-49-50(40)27-14-16-28(52)17-15-27)54-39(55-37(21)24-8-6-22(19-51)7-9-24)25-12-10-23(11-13-25)29-5-3-2-4-26(29)18-46-38(53)31-32(41)34(43)36(45)35(44)33(31)42/h2-17,21,30,37,39,51-52H,18-20H2,1H3,(H,46,53)/t21-,30+,37+,39+/m0/s1. The molecule has 0 radical (unpaired) electrons. The summed E-state index contributed by atoms with van der Waals surface area (Å²) in [5.41, 5.74) is 3.29. The van der Waals surface area contributed by atoms with Crippen LogP contribution in [0.15, 0.2) is 102 Å². The number of aliphatic hydroxyl groups excluding tert-OH is 1. The number of nitrogens with zero attached hydrogens (tertiary/aromatic N) is 4. The summed E-state index contributed by atoms with van der Waals surface area (Å²) in [6, 6.07) is 28.1. The van der Waals surface area contributed by atoms with E-state index < -0.39 is 53.0 Å². The highest BCUT2D eigenvalue weighted by Gasteiger charge is 2.39. The lowest BCUT2D eigenvalue weighted by Crippen LogP contribution is -2.38. The Kier molecular flexibility index (Phi) is 11.4. The molecule has 1 saturated heterocycles. The molecule has 0 bridgehead atoms. The molecule has 1 amide bonds. The van der Waals surface area contributed by atoms with Crippen molar-refractivity contribution in [3.8, 4) is 22.6 Å². The first-order chi connectivity index (χ1) is 27.0. The number of aliphatic hydroxyl groups is 1. The average Bonchev–Trinajstić information content (AvgIpc) is 3.70. The fourth-order valence-electron chi connectivity index (χ4n) is 6.34. The molecule has 6 aromatic rings. The van der Waals surface area contributed by atoms with Gasteiger partial charge in [0.15, 0.2) is 29.6 Å². The zero-order chi connectivity index (χ0) is 39.5. The third kappa shape index (κ3) is 7.86. The Morgan fingerprint density at radius 3 is 2.14 bits per heavy atom. The predicted molar refractivity (Wildman–Crippen MR) is 194 cm³/mol. The average molecular weight is 790 g/mol. The minimum Gasteiger partial charge on any atom is -0.508 e. The van der Waals surface area contributed by atoms with Gasteiger partial charge in [-0.05, 0) is 62.5 Å². The first-order valence-electron chi connectivity index (χ1n) is 17.2. The van der Waals surface area contributed by atoms with Gasteiger partial charge in [-0.15, -0.1) is 5.10 Å². The van der Waals surface area contributed by atoms with Crippen molar-refractivity contribution < 1.29 is 46.4 Å². The highest BCUT2D eigenvalue weighted by molar-refractivity contribution is 7.99. The number of phenols is 1. The van der Waals surface area contributed by atoms with E-state index in [0.717, 1.165) is 11.1 Å². The Labute approximate surface area is 320 Å². The minimum absolute atomic E-state index is 0.102. The predicted octanol–water partition coefficient (Wildman–Crippen LogP) is 7.74. The van der Waals surface area contributed by atoms with E-state index in [1.807, 2.05) is 55.5 Å². The van der Waals surface area contributed by atoms with E-state index in [1.54, 1.807) is 53.2 Å². The van der Waals surface area contributed by atoms with Crippen LogP contribution in [0.5, 0.6) is 5.75 Å². The first-order valence-corrected chi connectivity index (χ1v) is 18.2. The lowest BCUT2D eigenvalue weighted by Gasteiger charge is -2.41. The molecular weight excluding hydrogens is 758 g/mol. The molecule has 5 aromatic carbocycles. The molecule has 10 nitrogen and oxygen atoms in total. The fourth-order valence-corrected chi connectivity index (χ4v) is 7.39. The van der Waals surface area contributed by atoms with E-state index in [4.69, 9.17) is 9.47 Å². The summed E-state index contributed by atoms with van der Waals surface area (Å²) in [4.78, 5) is 12.7. The van der Waals surface area contributed by atoms with Gasteiger partial charge < -0.3 is 25.0 Å². The van der Waals surface area contributed by atoms with Crippen molar-refractivity contribution in [2.75, 3.05) is 5.75 Å². The first kappa shape index (κ1) is 38.6. The second-order valence-electron chi connectivity index (χ2n) is 12.9. The summed E-state index contributed by atoms with van der Waals surface area (Å²) in [6.45, 7) is 1.64. The van der Waals surface area contributed by atoms with E-state index in [1.165, 1.54) is 11.8 Å². The van der Waals surface area contributed by atoms with Crippen LogP contribution < -0.4 is 5.32 Å². The Hall–Kier alpha value is -5.68. The number of carbonyl (C=O) groups is 1. The number of ether oxygens (including phenoxy) is 2. The van der Waals surface area contributed by atoms with Crippen molar-refractivity contribution in [1.82, 2.24) is 25.5 Å². The summed E-state index contributed by atoms with van der Waals surface area (Å²) in [5.74, 6) is -12.2. The maximum absolute atomic E-state index is 14.3. The number of phenolic OH excluding ortho intramolecular Hbond substituents is 1. The SMILES string of the molecule is C[C@H]1[C@@H](CSc2nnnn2-c2ccc(O)cc2)O[C@@H](c2ccc(-c3ccccc3CNC(=O)c3c(F)c(F)c(F)c(F)c3F)cc2)O[C@H]1c1ccc(CO)cc1.